The first-order chi connectivity index (χ1) is 4.31. The summed E-state index contributed by atoms with van der Waals surface area (Å²) in [4.78, 5) is 2.00. The molecule has 9 heavy (non-hydrogen) atoms. The highest BCUT2D eigenvalue weighted by Crippen LogP contribution is 1.83. The molecule has 0 aromatic heterocycles. The molecule has 0 bridgehead atoms. The predicted molar refractivity (Wildman–Crippen MR) is 38.0 cm³/mol. The predicted octanol–water partition coefficient (Wildman–Crippen LogP) is -0.0662. The fourth-order valence-corrected chi connectivity index (χ4v) is 0.576. The van der Waals surface area contributed by atoms with E-state index in [4.69, 9.17) is 11.5 Å². The Morgan fingerprint density at radius 3 is 2.78 bits per heavy atom. The third-order valence-electron chi connectivity index (χ3n) is 1.06. The molecule has 52 valence electrons. The highest BCUT2D eigenvalue weighted by molar-refractivity contribution is 4.86. The molecule has 0 atom stereocenters. The highest BCUT2D eigenvalue weighted by Gasteiger charge is 1.91. The quantitative estimate of drug-likeness (QED) is 0.534. The van der Waals surface area contributed by atoms with Crippen molar-refractivity contribution in [2.24, 2.45) is 0 Å². The second-order valence-electron chi connectivity index (χ2n) is 2.02. The van der Waals surface area contributed by atoms with Crippen LogP contribution in [-0.4, -0.2) is 36.8 Å². The third-order valence-corrected chi connectivity index (χ3v) is 1.06. The first-order valence-corrected chi connectivity index (χ1v) is 3.04. The van der Waals surface area contributed by atoms with Gasteiger partial charge >= 0.3 is 0 Å². The second kappa shape index (κ2) is 5.61. The Morgan fingerprint density at radius 2 is 2.33 bits per heavy atom. The van der Waals surface area contributed by atoms with E-state index in [0.29, 0.717) is 6.54 Å². The Kier molecular flexibility index (Phi) is 5.29. The van der Waals surface area contributed by atoms with Crippen LogP contribution in [0.15, 0.2) is 0 Å². The smallest absolute Gasteiger partial charge is 0.0596 e. The molecule has 0 spiro atoms. The van der Waals surface area contributed by atoms with Gasteiger partial charge in [0.25, 0.3) is 0 Å². The third kappa shape index (κ3) is 5.35. The Hall–Kier alpha value is -0.520. The molecular formula is C7H13NO. The lowest BCUT2D eigenvalue weighted by Crippen LogP contribution is -2.20. The number of terminal acetylenes is 1. The van der Waals surface area contributed by atoms with Crippen molar-refractivity contribution >= 4 is 0 Å². The van der Waals surface area contributed by atoms with E-state index in [1.54, 1.807) is 0 Å². The zero-order chi connectivity index (χ0) is 7.11. The van der Waals surface area contributed by atoms with Gasteiger partial charge in [-0.25, -0.2) is 0 Å². The Morgan fingerprint density at radius 1 is 1.67 bits per heavy atom. The minimum Gasteiger partial charge on any atom is -0.396 e. The number of hydrogen-bond donors (Lipinski definition) is 1. The fraction of sp³-hybridized carbons (Fsp3) is 0.714. The maximum atomic E-state index is 8.41. The molecule has 1 N–H and O–H groups in total. The zero-order valence-electron chi connectivity index (χ0n) is 5.80. The molecule has 0 rings (SSSR count). The van der Waals surface area contributed by atoms with Crippen molar-refractivity contribution in [3.05, 3.63) is 0 Å². The summed E-state index contributed by atoms with van der Waals surface area (Å²) in [5, 5.41) is 8.41. The van der Waals surface area contributed by atoms with E-state index in [9.17, 15) is 0 Å². The van der Waals surface area contributed by atoms with Crippen LogP contribution in [0.5, 0.6) is 0 Å². The van der Waals surface area contributed by atoms with Crippen LogP contribution in [-0.2, 0) is 0 Å². The van der Waals surface area contributed by atoms with Crippen molar-refractivity contribution < 1.29 is 5.11 Å². The van der Waals surface area contributed by atoms with Crippen molar-refractivity contribution in [3.8, 4) is 12.3 Å². The van der Waals surface area contributed by atoms with Crippen molar-refractivity contribution in [2.45, 2.75) is 6.42 Å². The number of rotatable bonds is 4. The largest absolute Gasteiger partial charge is 0.396 e. The lowest BCUT2D eigenvalue weighted by molar-refractivity contribution is 0.257. The molecule has 0 aliphatic heterocycles. The van der Waals surface area contributed by atoms with E-state index >= 15 is 0 Å². The van der Waals surface area contributed by atoms with E-state index in [0.717, 1.165) is 13.0 Å². The summed E-state index contributed by atoms with van der Waals surface area (Å²) in [7, 11) is 1.94. The van der Waals surface area contributed by atoms with Gasteiger partial charge in [-0.15, -0.1) is 6.42 Å². The lowest BCUT2D eigenvalue weighted by atomic mass is 10.4. The molecule has 0 aromatic rings. The summed E-state index contributed by atoms with van der Waals surface area (Å²) < 4.78 is 0. The molecule has 0 radical (unpaired) electrons. The number of hydrogen-bond acceptors (Lipinski definition) is 2. The molecule has 0 saturated carbocycles. The molecular weight excluding hydrogens is 114 g/mol. The summed E-state index contributed by atoms with van der Waals surface area (Å²) in [5.74, 6) is 2.52. The summed E-state index contributed by atoms with van der Waals surface area (Å²) in [6.07, 6.45) is 5.85. The minimum atomic E-state index is 0.245. The number of nitrogens with zero attached hydrogens (tertiary/aromatic N) is 1. The Balaban J connectivity index is 3.08. The van der Waals surface area contributed by atoms with E-state index < -0.39 is 0 Å². The summed E-state index contributed by atoms with van der Waals surface area (Å²) >= 11 is 0. The Labute approximate surface area is 56.5 Å². The van der Waals surface area contributed by atoms with E-state index in [1.165, 1.54) is 0 Å². The molecule has 2 nitrogen and oxygen atoms in total. The first-order valence-electron chi connectivity index (χ1n) is 3.04. The van der Waals surface area contributed by atoms with Crippen LogP contribution < -0.4 is 0 Å². The highest BCUT2D eigenvalue weighted by atomic mass is 16.3. The number of aliphatic hydroxyl groups is 1. The summed E-state index contributed by atoms with van der Waals surface area (Å²) in [5.41, 5.74) is 0. The summed E-state index contributed by atoms with van der Waals surface area (Å²) in [6.45, 7) is 1.79. The van der Waals surface area contributed by atoms with Gasteiger partial charge in [-0.1, -0.05) is 5.92 Å². The zero-order valence-corrected chi connectivity index (χ0v) is 5.80. The van der Waals surface area contributed by atoms with Gasteiger partial charge in [-0.2, -0.15) is 0 Å². The molecule has 0 heterocycles. The van der Waals surface area contributed by atoms with Crippen LogP contribution in [0.3, 0.4) is 0 Å². The Bertz CT molecular complexity index is 95.6. The first kappa shape index (κ1) is 8.48. The standard InChI is InChI=1S/C7H13NO/c1-3-5-8(2)6-4-7-9/h1,9H,4-7H2,2H3. The second-order valence-corrected chi connectivity index (χ2v) is 2.02. The van der Waals surface area contributed by atoms with Crippen LogP contribution in [0.1, 0.15) is 6.42 Å². The molecule has 2 heteroatoms. The molecule has 0 saturated heterocycles. The fourth-order valence-electron chi connectivity index (χ4n) is 0.576. The van der Waals surface area contributed by atoms with E-state index in [2.05, 4.69) is 5.92 Å². The van der Waals surface area contributed by atoms with Crippen molar-refractivity contribution in [1.29, 1.82) is 0 Å². The molecule has 0 aromatic carbocycles. The van der Waals surface area contributed by atoms with Gasteiger partial charge < -0.3 is 5.11 Å². The SMILES string of the molecule is C#CCN(C)CCCO. The van der Waals surface area contributed by atoms with Crippen molar-refractivity contribution in [3.63, 3.8) is 0 Å². The minimum absolute atomic E-state index is 0.245. The monoisotopic (exact) mass is 127 g/mol. The van der Waals surface area contributed by atoms with Crippen LogP contribution in [0, 0.1) is 12.3 Å². The van der Waals surface area contributed by atoms with Gasteiger partial charge in [0, 0.05) is 13.2 Å². The van der Waals surface area contributed by atoms with Gasteiger partial charge in [0.1, 0.15) is 0 Å². The van der Waals surface area contributed by atoms with Crippen molar-refractivity contribution in [2.75, 3.05) is 26.7 Å². The van der Waals surface area contributed by atoms with E-state index in [1.807, 2.05) is 11.9 Å². The van der Waals surface area contributed by atoms with Crippen LogP contribution >= 0.6 is 0 Å². The van der Waals surface area contributed by atoms with Crippen molar-refractivity contribution in [1.82, 2.24) is 4.90 Å². The topological polar surface area (TPSA) is 23.5 Å². The normalized spacial score (nSPS) is 9.56. The summed E-state index contributed by atoms with van der Waals surface area (Å²) in [6, 6.07) is 0. The molecule has 0 aliphatic carbocycles. The maximum Gasteiger partial charge on any atom is 0.0596 e. The molecule has 0 aliphatic rings. The molecule has 0 fully saturated rings. The van der Waals surface area contributed by atoms with Gasteiger partial charge in [-0.05, 0) is 13.5 Å². The average Bonchev–Trinajstić information content (AvgIpc) is 1.85. The van der Waals surface area contributed by atoms with Gasteiger partial charge in [0.2, 0.25) is 0 Å². The van der Waals surface area contributed by atoms with Crippen LogP contribution in [0.25, 0.3) is 0 Å². The van der Waals surface area contributed by atoms with Gasteiger partial charge in [-0.3, -0.25) is 4.90 Å². The van der Waals surface area contributed by atoms with Gasteiger partial charge in [0.15, 0.2) is 0 Å². The van der Waals surface area contributed by atoms with Gasteiger partial charge in [0.05, 0.1) is 6.54 Å². The lowest BCUT2D eigenvalue weighted by Gasteiger charge is -2.10. The molecule has 0 unspecified atom stereocenters. The average molecular weight is 127 g/mol. The van der Waals surface area contributed by atoms with E-state index in [-0.39, 0.29) is 6.61 Å². The van der Waals surface area contributed by atoms with Crippen LogP contribution in [0.2, 0.25) is 0 Å². The molecule has 0 amide bonds. The maximum absolute atomic E-state index is 8.41. The number of aliphatic hydroxyl groups excluding tert-OH is 1. The van der Waals surface area contributed by atoms with Crippen LogP contribution in [0.4, 0.5) is 0 Å².